The van der Waals surface area contributed by atoms with Crippen LogP contribution < -0.4 is 10.2 Å². The Bertz CT molecular complexity index is 1430. The fourth-order valence-corrected chi connectivity index (χ4v) is 9.49. The normalized spacial score (nSPS) is 30.8. The Balaban J connectivity index is 0.000000413. The number of carbonyl (C=O) groups excluding carboxylic acids is 4. The van der Waals surface area contributed by atoms with Crippen molar-refractivity contribution in [2.75, 3.05) is 0 Å². The van der Waals surface area contributed by atoms with Gasteiger partial charge in [-0.1, -0.05) is 91.8 Å². The summed E-state index contributed by atoms with van der Waals surface area (Å²) in [5, 5.41) is 61.3. The van der Waals surface area contributed by atoms with Crippen molar-refractivity contribution in [3.8, 4) is 0 Å². The van der Waals surface area contributed by atoms with E-state index in [-0.39, 0.29) is 122 Å². The first-order chi connectivity index (χ1) is 28.2. The Morgan fingerprint density at radius 1 is 0.639 bits per heavy atom. The number of aliphatic hydroxyl groups excluding tert-OH is 4. The number of esters is 2. The number of hydrogen-bond acceptors (Lipinski definition) is 12. The number of aliphatic carboxylic acids is 2. The number of carboxylic acid groups (broad SMARTS) is 2. The van der Waals surface area contributed by atoms with Crippen LogP contribution in [0.1, 0.15) is 132 Å². The standard InChI is InChI=1S/2C24H38O6.Ca/c2*1-5-15(3)24(29)30-21-11-14(2)10-17-7-6-16(4)20(23(17)21)9-8-18(25)12-19(26)13-22(27)28;/h2*6-7,10,14-16,18-21,23,25-26H,5,8-9,11-13H2,1-4H3,(H,27,28);/q;;+2/p-2/t2*14-,15-,16-,18+,19+,20-,21-,23-;/m00./s1. The molecular formula is C48H74CaO12. The second kappa shape index (κ2) is 26.7. The molecule has 0 aromatic heterocycles. The van der Waals surface area contributed by atoms with Crippen LogP contribution >= 0.6 is 0 Å². The molecule has 16 atom stereocenters. The summed E-state index contributed by atoms with van der Waals surface area (Å²) in [6, 6.07) is 0. The molecule has 0 saturated carbocycles. The van der Waals surface area contributed by atoms with Gasteiger partial charge in [-0.25, -0.2) is 0 Å². The molecule has 0 radical (unpaired) electrons. The Hall–Kier alpha value is -2.06. The maximum absolute atomic E-state index is 12.5. The second-order valence-electron chi connectivity index (χ2n) is 18.5. The summed E-state index contributed by atoms with van der Waals surface area (Å²) in [5.74, 6) is -1.41. The van der Waals surface area contributed by atoms with Gasteiger partial charge in [0.1, 0.15) is 12.2 Å². The minimum Gasteiger partial charge on any atom is -0.550 e. The van der Waals surface area contributed by atoms with E-state index in [1.165, 1.54) is 11.1 Å². The summed E-state index contributed by atoms with van der Waals surface area (Å²) >= 11 is 0. The Kier molecular flexibility index (Phi) is 24.1. The maximum atomic E-state index is 12.5. The summed E-state index contributed by atoms with van der Waals surface area (Å²) in [6.07, 6.45) is 13.5. The van der Waals surface area contributed by atoms with Gasteiger partial charge in [-0.2, -0.15) is 0 Å². The molecule has 61 heavy (non-hydrogen) atoms. The van der Waals surface area contributed by atoms with E-state index in [0.29, 0.717) is 37.5 Å². The van der Waals surface area contributed by atoms with E-state index in [4.69, 9.17) is 9.47 Å². The fraction of sp³-hybridized carbons (Fsp3) is 0.750. The van der Waals surface area contributed by atoms with Crippen LogP contribution in [0, 0.1) is 59.2 Å². The smallest absolute Gasteiger partial charge is 0.550 e. The van der Waals surface area contributed by atoms with Crippen LogP contribution in [0.2, 0.25) is 0 Å². The molecule has 0 aromatic carbocycles. The van der Waals surface area contributed by atoms with E-state index in [1.54, 1.807) is 0 Å². The third-order valence-corrected chi connectivity index (χ3v) is 13.3. The first-order valence-corrected chi connectivity index (χ1v) is 22.6. The molecule has 0 amide bonds. The molecule has 0 heterocycles. The van der Waals surface area contributed by atoms with E-state index in [0.717, 1.165) is 25.7 Å². The van der Waals surface area contributed by atoms with Crippen molar-refractivity contribution in [2.24, 2.45) is 59.2 Å². The van der Waals surface area contributed by atoms with Crippen LogP contribution in [0.4, 0.5) is 0 Å². The first-order valence-electron chi connectivity index (χ1n) is 22.6. The number of ether oxygens (including phenoxy) is 2. The topological polar surface area (TPSA) is 214 Å². The van der Waals surface area contributed by atoms with E-state index < -0.39 is 49.2 Å². The number of rotatable bonds is 20. The SMILES string of the molecule is CC[C@H](C)C(=O)O[C@H]1C[C@@H](C)C=C2C=C[C@H](C)[C@H](CC[C@@H](O)C[C@@H](O)CC(=O)[O-])[C@H]21.CC[C@H](C)C(=O)O[C@H]1C[C@@H](C)C=C2C=C[C@H](C)[C@H](CC[C@@H](O)C[C@@H](O)CC(=O)[O-])[C@H]21.[Ca+2]. The number of fused-ring (bicyclic) bond motifs is 2. The van der Waals surface area contributed by atoms with Gasteiger partial charge in [0.2, 0.25) is 0 Å². The zero-order chi connectivity index (χ0) is 44.8. The van der Waals surface area contributed by atoms with Gasteiger partial charge in [-0.15, -0.1) is 0 Å². The summed E-state index contributed by atoms with van der Waals surface area (Å²) in [4.78, 5) is 46.2. The first kappa shape index (κ1) is 55.1. The van der Waals surface area contributed by atoms with Gasteiger partial charge in [0, 0.05) is 36.6 Å². The van der Waals surface area contributed by atoms with E-state index >= 15 is 0 Å². The monoisotopic (exact) mass is 882 g/mol. The molecule has 0 aromatic rings. The molecule has 12 nitrogen and oxygen atoms in total. The number of allylic oxidation sites excluding steroid dienone is 6. The van der Waals surface area contributed by atoms with Crippen LogP contribution in [0.15, 0.2) is 47.6 Å². The average Bonchev–Trinajstić information content (AvgIpc) is 3.15. The quantitative estimate of drug-likeness (QED) is 0.0991. The molecule has 0 spiro atoms. The van der Waals surface area contributed by atoms with Crippen molar-refractivity contribution in [1.82, 2.24) is 0 Å². The molecule has 4 aliphatic rings. The predicted octanol–water partition coefficient (Wildman–Crippen LogP) is 4.38. The number of hydrogen-bond donors (Lipinski definition) is 4. The summed E-state index contributed by atoms with van der Waals surface area (Å²) < 4.78 is 12.0. The van der Waals surface area contributed by atoms with Crippen molar-refractivity contribution < 1.29 is 59.3 Å². The molecular weight excluding hydrogens is 809 g/mol. The molecule has 0 bridgehead atoms. The number of aliphatic hydroxyl groups is 4. The molecule has 4 rings (SSSR count). The molecule has 4 aliphatic carbocycles. The number of carboxylic acids is 2. The zero-order valence-electron chi connectivity index (χ0n) is 37.9. The van der Waals surface area contributed by atoms with Crippen LogP contribution in [0.5, 0.6) is 0 Å². The minimum atomic E-state index is -1.32. The van der Waals surface area contributed by atoms with Crippen molar-refractivity contribution in [3.05, 3.63) is 47.6 Å². The Morgan fingerprint density at radius 3 is 1.30 bits per heavy atom. The van der Waals surface area contributed by atoms with Crippen molar-refractivity contribution in [2.45, 2.75) is 169 Å². The van der Waals surface area contributed by atoms with Gasteiger partial charge >= 0.3 is 49.7 Å². The van der Waals surface area contributed by atoms with Crippen molar-refractivity contribution >= 4 is 61.6 Å². The fourth-order valence-electron chi connectivity index (χ4n) is 9.49. The second-order valence-corrected chi connectivity index (χ2v) is 18.5. The summed E-state index contributed by atoms with van der Waals surface area (Å²) in [7, 11) is 0. The molecule has 340 valence electrons. The van der Waals surface area contributed by atoms with Gasteiger partial charge in [-0.05, 0) is 111 Å². The largest absolute Gasteiger partial charge is 2.00 e. The van der Waals surface area contributed by atoms with Crippen LogP contribution in [0.3, 0.4) is 0 Å². The molecule has 0 aliphatic heterocycles. The van der Waals surface area contributed by atoms with Gasteiger partial charge in [0.15, 0.2) is 0 Å². The third kappa shape index (κ3) is 17.4. The summed E-state index contributed by atoms with van der Waals surface area (Å²) in [5.41, 5.74) is 2.40. The molecule has 0 fully saturated rings. The van der Waals surface area contributed by atoms with Crippen molar-refractivity contribution in [3.63, 3.8) is 0 Å². The Labute approximate surface area is 394 Å². The third-order valence-electron chi connectivity index (χ3n) is 13.3. The van der Waals surface area contributed by atoms with Crippen molar-refractivity contribution in [1.29, 1.82) is 0 Å². The summed E-state index contributed by atoms with van der Waals surface area (Å²) in [6.45, 7) is 16.3. The van der Waals surface area contributed by atoms with Gasteiger partial charge < -0.3 is 49.7 Å². The predicted molar refractivity (Wildman–Crippen MR) is 230 cm³/mol. The van der Waals surface area contributed by atoms with Gasteiger partial charge in [-0.3, -0.25) is 9.59 Å². The van der Waals surface area contributed by atoms with Gasteiger partial charge in [0.25, 0.3) is 0 Å². The Morgan fingerprint density at radius 2 is 0.984 bits per heavy atom. The minimum absolute atomic E-state index is 0. The maximum Gasteiger partial charge on any atom is 2.00 e. The number of carbonyl (C=O) groups is 4. The molecule has 4 N–H and O–H groups in total. The van der Waals surface area contributed by atoms with E-state index in [1.807, 2.05) is 27.7 Å². The van der Waals surface area contributed by atoms with E-state index in [2.05, 4.69) is 64.2 Å². The average molecular weight is 883 g/mol. The molecule has 0 saturated heterocycles. The molecule has 13 heteroatoms. The molecule has 0 unspecified atom stereocenters. The van der Waals surface area contributed by atoms with Crippen LogP contribution in [-0.4, -0.2) is 119 Å². The van der Waals surface area contributed by atoms with Gasteiger partial charge in [0.05, 0.1) is 36.3 Å². The van der Waals surface area contributed by atoms with E-state index in [9.17, 15) is 49.8 Å². The van der Waals surface area contributed by atoms with Crippen LogP contribution in [0.25, 0.3) is 0 Å². The zero-order valence-corrected chi connectivity index (χ0v) is 40.2. The van der Waals surface area contributed by atoms with Crippen LogP contribution in [-0.2, 0) is 28.7 Å².